The van der Waals surface area contributed by atoms with Crippen LogP contribution in [0.1, 0.15) is 6.42 Å². The van der Waals surface area contributed by atoms with E-state index in [2.05, 4.69) is 5.32 Å². The monoisotopic (exact) mass is 252 g/mol. The molecule has 1 spiro atoms. The molecule has 2 saturated heterocycles. The summed E-state index contributed by atoms with van der Waals surface area (Å²) in [6.45, 7) is 3.29. The zero-order valence-corrected chi connectivity index (χ0v) is 10.4. The van der Waals surface area contributed by atoms with Crippen LogP contribution in [0.15, 0.2) is 35.2 Å². The highest BCUT2D eigenvalue weighted by Crippen LogP contribution is 2.39. The topological polar surface area (TPSA) is 49.4 Å². The molecule has 2 aliphatic heterocycles. The van der Waals surface area contributed by atoms with Crippen LogP contribution in [0.25, 0.3) is 0 Å². The first kappa shape index (κ1) is 11.2. The second-order valence-electron chi connectivity index (χ2n) is 5.01. The van der Waals surface area contributed by atoms with Gasteiger partial charge in [0.25, 0.3) is 0 Å². The van der Waals surface area contributed by atoms with Gasteiger partial charge < -0.3 is 5.32 Å². The number of benzene rings is 1. The molecule has 92 valence electrons. The van der Waals surface area contributed by atoms with Gasteiger partial charge >= 0.3 is 0 Å². The van der Waals surface area contributed by atoms with E-state index in [9.17, 15) is 8.42 Å². The fraction of sp³-hybridized carbons (Fsp3) is 0.500. The Morgan fingerprint density at radius 2 is 1.88 bits per heavy atom. The van der Waals surface area contributed by atoms with Crippen molar-refractivity contribution in [1.29, 1.82) is 0 Å². The summed E-state index contributed by atoms with van der Waals surface area (Å²) in [6.07, 6.45) is 1.09. The van der Waals surface area contributed by atoms with Gasteiger partial charge in [-0.05, 0) is 25.1 Å². The number of nitrogens with zero attached hydrogens (tertiary/aromatic N) is 1. The molecule has 0 radical (unpaired) electrons. The van der Waals surface area contributed by atoms with Crippen LogP contribution < -0.4 is 5.32 Å². The van der Waals surface area contributed by atoms with Crippen LogP contribution in [0.4, 0.5) is 0 Å². The van der Waals surface area contributed by atoms with Gasteiger partial charge in [-0.2, -0.15) is 4.31 Å². The quantitative estimate of drug-likeness (QED) is 0.841. The Morgan fingerprint density at radius 3 is 2.47 bits per heavy atom. The van der Waals surface area contributed by atoms with Crippen molar-refractivity contribution in [3.8, 4) is 0 Å². The molecule has 2 heterocycles. The van der Waals surface area contributed by atoms with E-state index in [1.54, 1.807) is 28.6 Å². The zero-order valence-electron chi connectivity index (χ0n) is 9.59. The molecule has 17 heavy (non-hydrogen) atoms. The van der Waals surface area contributed by atoms with Crippen molar-refractivity contribution in [2.45, 2.75) is 11.3 Å². The van der Waals surface area contributed by atoms with Gasteiger partial charge in [0.15, 0.2) is 0 Å². The van der Waals surface area contributed by atoms with Gasteiger partial charge in [-0.3, -0.25) is 0 Å². The predicted octanol–water partition coefficient (Wildman–Crippen LogP) is 0.671. The largest absolute Gasteiger partial charge is 0.316 e. The molecule has 2 aliphatic rings. The Bertz CT molecular complexity index is 499. The van der Waals surface area contributed by atoms with Crippen molar-refractivity contribution >= 4 is 10.0 Å². The fourth-order valence-corrected chi connectivity index (χ4v) is 4.37. The van der Waals surface area contributed by atoms with Crippen molar-refractivity contribution in [2.75, 3.05) is 26.2 Å². The van der Waals surface area contributed by atoms with Crippen molar-refractivity contribution in [2.24, 2.45) is 5.41 Å². The summed E-state index contributed by atoms with van der Waals surface area (Å²) in [6, 6.07) is 8.68. The second kappa shape index (κ2) is 3.80. The molecule has 2 fully saturated rings. The smallest absolute Gasteiger partial charge is 0.243 e. The second-order valence-corrected chi connectivity index (χ2v) is 6.95. The Kier molecular flexibility index (Phi) is 2.50. The van der Waals surface area contributed by atoms with Crippen LogP contribution in [-0.2, 0) is 10.0 Å². The summed E-state index contributed by atoms with van der Waals surface area (Å²) in [4.78, 5) is 0.404. The molecular weight excluding hydrogens is 236 g/mol. The molecule has 4 nitrogen and oxygen atoms in total. The SMILES string of the molecule is O=S(=O)(c1ccccc1)N1CC2(CCNC2)C1. The molecule has 1 N–H and O–H groups in total. The minimum absolute atomic E-state index is 0.210. The van der Waals surface area contributed by atoms with Crippen LogP contribution in [0.3, 0.4) is 0 Å². The highest BCUT2D eigenvalue weighted by Gasteiger charge is 2.49. The van der Waals surface area contributed by atoms with Gasteiger partial charge in [0.1, 0.15) is 0 Å². The molecule has 5 heteroatoms. The number of hydrogen-bond acceptors (Lipinski definition) is 3. The summed E-state index contributed by atoms with van der Waals surface area (Å²) in [5.41, 5.74) is 0.210. The Hall–Kier alpha value is -0.910. The average Bonchev–Trinajstić information content (AvgIpc) is 2.77. The predicted molar refractivity (Wildman–Crippen MR) is 65.1 cm³/mol. The molecule has 1 aromatic carbocycles. The van der Waals surface area contributed by atoms with Crippen LogP contribution in [0.5, 0.6) is 0 Å². The van der Waals surface area contributed by atoms with E-state index >= 15 is 0 Å². The minimum Gasteiger partial charge on any atom is -0.316 e. The summed E-state index contributed by atoms with van der Waals surface area (Å²) < 4.78 is 26.1. The van der Waals surface area contributed by atoms with Crippen molar-refractivity contribution in [3.63, 3.8) is 0 Å². The molecule has 0 bridgehead atoms. The molecular formula is C12H16N2O2S. The number of rotatable bonds is 2. The standard InChI is InChI=1S/C12H16N2O2S/c15-17(16,11-4-2-1-3-5-11)14-9-12(10-14)6-7-13-8-12/h1-5,13H,6-10H2. The number of hydrogen-bond donors (Lipinski definition) is 1. The third-order valence-corrected chi connectivity index (χ3v) is 5.54. The third-order valence-electron chi connectivity index (χ3n) is 3.74. The van der Waals surface area contributed by atoms with Crippen molar-refractivity contribution < 1.29 is 8.42 Å². The molecule has 1 aromatic rings. The highest BCUT2D eigenvalue weighted by atomic mass is 32.2. The number of sulfonamides is 1. The van der Waals surface area contributed by atoms with Crippen LogP contribution in [0.2, 0.25) is 0 Å². The van der Waals surface area contributed by atoms with E-state index in [4.69, 9.17) is 0 Å². The zero-order chi connectivity index (χ0) is 11.9. The molecule has 0 aliphatic carbocycles. The maximum absolute atomic E-state index is 12.3. The normalized spacial score (nSPS) is 23.8. The third kappa shape index (κ3) is 1.78. The molecule has 0 unspecified atom stereocenters. The lowest BCUT2D eigenvalue weighted by Crippen LogP contribution is -2.59. The van der Waals surface area contributed by atoms with Gasteiger partial charge in [-0.25, -0.2) is 8.42 Å². The van der Waals surface area contributed by atoms with Crippen LogP contribution >= 0.6 is 0 Å². The van der Waals surface area contributed by atoms with Gasteiger partial charge in [0.05, 0.1) is 4.90 Å². The fourth-order valence-electron chi connectivity index (χ4n) is 2.68. The summed E-state index contributed by atoms with van der Waals surface area (Å²) in [5.74, 6) is 0. The molecule has 0 aromatic heterocycles. The van der Waals surface area contributed by atoms with E-state index in [-0.39, 0.29) is 5.41 Å². The van der Waals surface area contributed by atoms with Gasteiger partial charge in [0, 0.05) is 25.0 Å². The summed E-state index contributed by atoms with van der Waals surface area (Å²) in [7, 11) is -3.26. The maximum atomic E-state index is 12.3. The lowest BCUT2D eigenvalue weighted by molar-refractivity contribution is 0.0917. The first-order chi connectivity index (χ1) is 8.12. The van der Waals surface area contributed by atoms with E-state index in [1.807, 2.05) is 6.07 Å². The molecule has 0 amide bonds. The van der Waals surface area contributed by atoms with E-state index in [0.717, 1.165) is 19.5 Å². The lowest BCUT2D eigenvalue weighted by atomic mass is 9.81. The summed E-state index contributed by atoms with van der Waals surface area (Å²) in [5, 5.41) is 3.31. The van der Waals surface area contributed by atoms with Crippen molar-refractivity contribution in [1.82, 2.24) is 9.62 Å². The minimum atomic E-state index is -3.26. The van der Waals surface area contributed by atoms with Crippen LogP contribution in [0, 0.1) is 5.41 Å². The molecule has 0 atom stereocenters. The van der Waals surface area contributed by atoms with E-state index in [0.29, 0.717) is 18.0 Å². The Labute approximate surface area is 102 Å². The number of nitrogens with one attached hydrogen (secondary N) is 1. The highest BCUT2D eigenvalue weighted by molar-refractivity contribution is 7.89. The Balaban J connectivity index is 1.78. The van der Waals surface area contributed by atoms with Crippen molar-refractivity contribution in [3.05, 3.63) is 30.3 Å². The average molecular weight is 252 g/mol. The van der Waals surface area contributed by atoms with E-state index < -0.39 is 10.0 Å². The summed E-state index contributed by atoms with van der Waals surface area (Å²) >= 11 is 0. The maximum Gasteiger partial charge on any atom is 0.243 e. The lowest BCUT2D eigenvalue weighted by Gasteiger charge is -2.46. The molecule has 3 rings (SSSR count). The first-order valence-electron chi connectivity index (χ1n) is 5.88. The van der Waals surface area contributed by atoms with Gasteiger partial charge in [-0.15, -0.1) is 0 Å². The Morgan fingerprint density at radius 1 is 1.18 bits per heavy atom. The van der Waals surface area contributed by atoms with Gasteiger partial charge in [0.2, 0.25) is 10.0 Å². The van der Waals surface area contributed by atoms with E-state index in [1.165, 1.54) is 0 Å². The van der Waals surface area contributed by atoms with Gasteiger partial charge in [-0.1, -0.05) is 18.2 Å². The first-order valence-corrected chi connectivity index (χ1v) is 7.32. The molecule has 0 saturated carbocycles. The van der Waals surface area contributed by atoms with Crippen LogP contribution in [-0.4, -0.2) is 38.9 Å².